The van der Waals surface area contributed by atoms with Gasteiger partial charge in [-0.2, -0.15) is 0 Å². The summed E-state index contributed by atoms with van der Waals surface area (Å²) in [4.78, 5) is 159. The Labute approximate surface area is 567 Å². The summed E-state index contributed by atoms with van der Waals surface area (Å²) in [6.45, 7) is 21.1. The van der Waals surface area contributed by atoms with E-state index in [2.05, 4.69) is 26.6 Å². The smallest absolute Gasteiger partial charge is 0.312 e. The van der Waals surface area contributed by atoms with Crippen molar-refractivity contribution in [1.29, 1.82) is 0 Å². The van der Waals surface area contributed by atoms with Crippen molar-refractivity contribution >= 4 is 65.1 Å². The lowest BCUT2D eigenvalue weighted by molar-refractivity contribution is -0.149. The number of nitrogens with one attached hydrogen (secondary N) is 5. The van der Waals surface area contributed by atoms with Gasteiger partial charge in [0.1, 0.15) is 24.2 Å². The van der Waals surface area contributed by atoms with Crippen LogP contribution in [0.5, 0.6) is 0 Å². The van der Waals surface area contributed by atoms with E-state index < -0.39 is 132 Å². The van der Waals surface area contributed by atoms with E-state index in [0.717, 1.165) is 4.90 Å². The summed E-state index contributed by atoms with van der Waals surface area (Å²) in [5.41, 5.74) is 6.01. The van der Waals surface area contributed by atoms with Gasteiger partial charge in [0.25, 0.3) is 11.8 Å². The maximum Gasteiger partial charge on any atom is 0.312 e. The van der Waals surface area contributed by atoms with Crippen molar-refractivity contribution in [3.8, 4) is 0 Å². The summed E-state index contributed by atoms with van der Waals surface area (Å²) in [5.74, 6) is -6.93. The van der Waals surface area contributed by atoms with Crippen LogP contribution in [0.3, 0.4) is 0 Å². The van der Waals surface area contributed by atoms with E-state index in [1.54, 1.807) is 84.4 Å². The van der Waals surface area contributed by atoms with E-state index in [1.807, 2.05) is 36.9 Å². The predicted octanol–water partition coefficient (Wildman–Crippen LogP) is 1.73. The first-order chi connectivity index (χ1) is 45.5. The van der Waals surface area contributed by atoms with Gasteiger partial charge in [0.15, 0.2) is 0 Å². The number of likely N-dealkylation sites (tertiary alicyclic amines) is 1. The first-order valence-electron chi connectivity index (χ1n) is 34.0. The second-order valence-electron chi connectivity index (χ2n) is 26.5. The zero-order valence-electron chi connectivity index (χ0n) is 59.2. The maximum absolute atomic E-state index is 15.0. The van der Waals surface area contributed by atoms with E-state index >= 15 is 4.79 Å². The van der Waals surface area contributed by atoms with Crippen LogP contribution in [0.1, 0.15) is 132 Å². The number of imide groups is 1. The lowest BCUT2D eigenvalue weighted by Gasteiger charge is -2.41. The van der Waals surface area contributed by atoms with E-state index in [-0.39, 0.29) is 115 Å². The Balaban J connectivity index is 1.43. The molecule has 0 saturated carbocycles. The van der Waals surface area contributed by atoms with E-state index in [1.165, 1.54) is 43.2 Å². The van der Waals surface area contributed by atoms with Crippen molar-refractivity contribution in [2.45, 2.75) is 181 Å². The normalized spacial score (nSPS) is 19.4. The molecule has 12 atom stereocenters. The van der Waals surface area contributed by atoms with Gasteiger partial charge < -0.3 is 76.0 Å². The lowest BCUT2D eigenvalue weighted by Crippen LogP contribution is -2.62. The molecule has 2 fully saturated rings. The van der Waals surface area contributed by atoms with Crippen LogP contribution >= 0.6 is 0 Å². The fourth-order valence-electron chi connectivity index (χ4n) is 12.7. The highest BCUT2D eigenvalue weighted by molar-refractivity contribution is 6.13. The molecule has 3 aliphatic rings. The largest absolute Gasteiger partial charge is 0.386 e. The number of ether oxygens (including phenoxy) is 4. The lowest BCUT2D eigenvalue weighted by atomic mass is 9.89. The zero-order valence-corrected chi connectivity index (χ0v) is 59.2. The summed E-state index contributed by atoms with van der Waals surface area (Å²) in [7, 11) is 6.06. The third-order valence-electron chi connectivity index (χ3n) is 18.6. The van der Waals surface area contributed by atoms with Gasteiger partial charge in [-0.3, -0.25) is 57.7 Å². The maximum atomic E-state index is 15.0. The number of hydrogen-bond donors (Lipinski definition) is 7. The molecule has 12 amide bonds. The number of benzene rings is 1. The Hall–Kier alpha value is -7.11. The predicted molar refractivity (Wildman–Crippen MR) is 359 cm³/mol. The molecule has 96 heavy (non-hydrogen) atoms. The average Bonchev–Trinajstić information content (AvgIpc) is 0.999. The molecule has 2 saturated heterocycles. The van der Waals surface area contributed by atoms with Gasteiger partial charge in [0, 0.05) is 106 Å². The molecule has 0 aliphatic carbocycles. The van der Waals surface area contributed by atoms with Gasteiger partial charge in [-0.1, -0.05) is 99.1 Å². The standard InChI is InChI=1S/C68H112N12O16/c1-15-45(8)60(51(93-13)41-56(85)79-30-20-24-50(79)62(94-14)46(9)63(87)71-47(10)61(86)48-21-17-16-18-22-48)76(12)67(91)58(43(4)5)74-65(89)59(44(6)7)75(11)66(90)49(23-19-29-70-68(69)92)72-64(88)57(42(2)3)73-52(81)27-31-77-33-37-95-39-35-78(36-40-96-38-34-77)53(82)28-32-80-54(83)25-26-55(80)84/h16-18,21-22,25-26,42-47,49-51,57-62,86H,15,19-20,23-24,27-41H2,1-14H3,(H,71,87)(H,72,88)(H,73,81)(H,74,89)(H3,69,70,92)/t45-,46+,47+,49-,50+,51+,57-,58-,59-,60-,61+,62+/m0/s1. The molecule has 1 aromatic rings. The van der Waals surface area contributed by atoms with Crippen LogP contribution in [0.2, 0.25) is 0 Å². The number of primary amides is 1. The number of urea groups is 1. The van der Waals surface area contributed by atoms with Crippen LogP contribution in [0.15, 0.2) is 42.5 Å². The SMILES string of the molecule is CC[C@H](C)[C@@H]([C@@H](CC(=O)N1CCC[C@@H]1[C@H](OC)[C@@H](C)C(=O)N[C@H](C)[C@@H](O)c1ccccc1)OC)N(C)C(=O)[C@@H](NC(=O)[C@H](C(C)C)N(C)C(=O)[C@H](CCCNC(N)=O)NC(=O)[C@@H](NC(=O)CCN1CCOCCN(C(=O)CCN2C(=O)C=CC2=O)CCOCC1)C(C)C)C(C)C. The highest BCUT2D eigenvalue weighted by Gasteiger charge is 2.44. The fraction of sp³-hybridized carbons (Fsp3) is 0.721. The monoisotopic (exact) mass is 1350 g/mol. The molecule has 3 heterocycles. The van der Waals surface area contributed by atoms with Crippen LogP contribution in [0.4, 0.5) is 4.79 Å². The molecule has 3 aliphatic heterocycles. The number of aliphatic hydroxyl groups excluding tert-OH is 1. The van der Waals surface area contributed by atoms with Crippen molar-refractivity contribution in [3.05, 3.63) is 48.0 Å². The molecule has 28 heteroatoms. The van der Waals surface area contributed by atoms with E-state index in [4.69, 9.17) is 24.7 Å². The number of likely N-dealkylation sites (N-methyl/N-ethyl adjacent to an activating group) is 2. The van der Waals surface area contributed by atoms with Crippen LogP contribution in [-0.4, -0.2) is 261 Å². The molecule has 4 rings (SSSR count). The number of methoxy groups -OCH3 is 2. The Morgan fingerprint density at radius 3 is 1.84 bits per heavy atom. The fourth-order valence-corrected chi connectivity index (χ4v) is 12.7. The van der Waals surface area contributed by atoms with Gasteiger partial charge in [0.2, 0.25) is 47.3 Å². The Morgan fingerprint density at radius 2 is 1.29 bits per heavy atom. The summed E-state index contributed by atoms with van der Waals surface area (Å²) >= 11 is 0. The minimum Gasteiger partial charge on any atom is -0.386 e. The number of carbonyl (C=O) groups is 11. The molecule has 540 valence electrons. The minimum atomic E-state index is -1.26. The highest BCUT2D eigenvalue weighted by Crippen LogP contribution is 2.31. The Morgan fingerprint density at radius 1 is 0.688 bits per heavy atom. The molecule has 0 unspecified atom stereocenters. The van der Waals surface area contributed by atoms with Crippen LogP contribution in [-0.2, 0) is 66.9 Å². The third-order valence-corrected chi connectivity index (χ3v) is 18.6. The molecule has 0 radical (unpaired) electrons. The number of hydrogen-bond acceptors (Lipinski definition) is 17. The molecule has 0 bridgehead atoms. The van der Waals surface area contributed by atoms with Crippen LogP contribution in [0, 0.1) is 29.6 Å². The zero-order chi connectivity index (χ0) is 71.5. The van der Waals surface area contributed by atoms with Gasteiger partial charge >= 0.3 is 6.03 Å². The topological polar surface area (TPSA) is 351 Å². The third kappa shape index (κ3) is 24.2. The minimum absolute atomic E-state index is 0.00473. The Bertz CT molecular complexity index is 2720. The Kier molecular flexibility index (Phi) is 34.4. The number of amides is 12. The van der Waals surface area contributed by atoms with Crippen molar-refractivity contribution in [3.63, 3.8) is 0 Å². The van der Waals surface area contributed by atoms with Crippen LogP contribution < -0.4 is 32.3 Å². The number of nitrogens with zero attached hydrogens (tertiary/aromatic N) is 6. The van der Waals surface area contributed by atoms with E-state index in [9.17, 15) is 53.1 Å². The highest BCUT2D eigenvalue weighted by atomic mass is 16.5. The number of nitrogens with two attached hydrogens (primary N) is 1. The van der Waals surface area contributed by atoms with Gasteiger partial charge in [0.05, 0.1) is 75.2 Å². The van der Waals surface area contributed by atoms with Crippen LogP contribution in [0.25, 0.3) is 0 Å². The molecule has 28 nitrogen and oxygen atoms in total. The second kappa shape index (κ2) is 40.6. The van der Waals surface area contributed by atoms with Crippen molar-refractivity contribution in [2.75, 3.05) is 107 Å². The number of carbonyl (C=O) groups excluding carboxylic acids is 11. The molecular formula is C68H112N12O16. The molecule has 1 aromatic carbocycles. The van der Waals surface area contributed by atoms with Crippen molar-refractivity contribution in [1.82, 2.24) is 56.0 Å². The van der Waals surface area contributed by atoms with Gasteiger partial charge in [-0.15, -0.1) is 0 Å². The molecule has 0 spiro atoms. The van der Waals surface area contributed by atoms with E-state index in [0.29, 0.717) is 44.5 Å². The summed E-state index contributed by atoms with van der Waals surface area (Å²) in [6.07, 6.45) is 1.77. The first-order valence-corrected chi connectivity index (χ1v) is 34.0. The average molecular weight is 1350 g/mol. The first kappa shape index (κ1) is 81.3. The van der Waals surface area contributed by atoms with Crippen molar-refractivity contribution < 1.29 is 76.8 Å². The molecule has 0 aromatic heterocycles. The van der Waals surface area contributed by atoms with Gasteiger partial charge in [-0.25, -0.2) is 4.79 Å². The molecular weight excluding hydrogens is 1240 g/mol. The quantitative estimate of drug-likeness (QED) is 0.0376. The second-order valence-corrected chi connectivity index (χ2v) is 26.5. The molecule has 8 N–H and O–H groups in total. The summed E-state index contributed by atoms with van der Waals surface area (Å²) in [6, 6.07) is 1.87. The summed E-state index contributed by atoms with van der Waals surface area (Å²) in [5, 5.41) is 25.1. The summed E-state index contributed by atoms with van der Waals surface area (Å²) < 4.78 is 23.8. The van der Waals surface area contributed by atoms with Crippen molar-refractivity contribution in [2.24, 2.45) is 35.3 Å². The number of aliphatic hydroxyl groups is 1. The van der Waals surface area contributed by atoms with Gasteiger partial charge in [-0.05, 0) is 61.8 Å². The number of rotatable bonds is 35.